The van der Waals surface area contributed by atoms with Crippen molar-refractivity contribution in [2.45, 2.75) is 19.8 Å². The van der Waals surface area contributed by atoms with Crippen molar-refractivity contribution in [3.63, 3.8) is 0 Å². The predicted molar refractivity (Wildman–Crippen MR) is 114 cm³/mol. The van der Waals surface area contributed by atoms with Gasteiger partial charge in [-0.3, -0.25) is 14.5 Å². The van der Waals surface area contributed by atoms with Crippen LogP contribution >= 0.6 is 0 Å². The summed E-state index contributed by atoms with van der Waals surface area (Å²) < 4.78 is 5.44. The third-order valence-corrected chi connectivity index (χ3v) is 7.57. The predicted octanol–water partition coefficient (Wildman–Crippen LogP) is 4.03. The molecule has 2 amide bonds. The lowest BCUT2D eigenvalue weighted by molar-refractivity contribution is -0.124. The number of nitrogens with zero attached hydrogens (tertiary/aromatic N) is 1. The van der Waals surface area contributed by atoms with Crippen molar-refractivity contribution in [2.24, 2.45) is 35.5 Å². The van der Waals surface area contributed by atoms with Gasteiger partial charge in [0.1, 0.15) is 5.75 Å². The van der Waals surface area contributed by atoms with Crippen LogP contribution < -0.4 is 9.64 Å². The highest BCUT2D eigenvalue weighted by atomic mass is 16.5. The van der Waals surface area contributed by atoms with Crippen LogP contribution in [0.3, 0.4) is 0 Å². The summed E-state index contributed by atoms with van der Waals surface area (Å²) in [6.07, 6.45) is 6.40. The van der Waals surface area contributed by atoms with Crippen LogP contribution in [0, 0.1) is 35.5 Å². The van der Waals surface area contributed by atoms with E-state index in [0.29, 0.717) is 28.8 Å². The molecule has 2 aromatic carbocycles. The van der Waals surface area contributed by atoms with Gasteiger partial charge in [-0.15, -0.1) is 0 Å². The molecule has 7 rings (SSSR count). The minimum Gasteiger partial charge on any atom is -0.423 e. The number of benzene rings is 2. The van der Waals surface area contributed by atoms with E-state index in [1.807, 2.05) is 12.1 Å². The summed E-state index contributed by atoms with van der Waals surface area (Å²) in [5.74, 6) is 0.964. The summed E-state index contributed by atoms with van der Waals surface area (Å²) in [5, 5.41) is 0. The summed E-state index contributed by atoms with van der Waals surface area (Å²) >= 11 is 0. The number of hydrogen-bond donors (Lipinski definition) is 0. The first-order valence-electron chi connectivity index (χ1n) is 11.0. The zero-order valence-electron chi connectivity index (χ0n) is 17.2. The molecule has 0 unspecified atom stereocenters. The first-order valence-corrected chi connectivity index (χ1v) is 11.0. The fourth-order valence-electron chi connectivity index (χ4n) is 5.92. The molecule has 5 heteroatoms. The third kappa shape index (κ3) is 2.72. The molecule has 156 valence electrons. The molecule has 6 atom stereocenters. The number of anilines is 1. The maximum absolute atomic E-state index is 13.2. The van der Waals surface area contributed by atoms with Crippen molar-refractivity contribution >= 4 is 23.5 Å². The van der Waals surface area contributed by atoms with E-state index in [1.165, 1.54) is 10.5 Å². The van der Waals surface area contributed by atoms with Crippen LogP contribution in [0.25, 0.3) is 0 Å². The van der Waals surface area contributed by atoms with E-state index < -0.39 is 5.97 Å². The van der Waals surface area contributed by atoms with Gasteiger partial charge in [0, 0.05) is 0 Å². The monoisotopic (exact) mass is 413 g/mol. The third-order valence-electron chi connectivity index (χ3n) is 7.57. The van der Waals surface area contributed by atoms with E-state index in [4.69, 9.17) is 4.74 Å². The Morgan fingerprint density at radius 3 is 2.03 bits per heavy atom. The molecule has 1 saturated heterocycles. The Kier molecular flexibility index (Phi) is 3.98. The smallest absolute Gasteiger partial charge is 0.343 e. The van der Waals surface area contributed by atoms with Crippen LogP contribution in [0.4, 0.5) is 5.69 Å². The maximum Gasteiger partial charge on any atom is 0.343 e. The van der Waals surface area contributed by atoms with Gasteiger partial charge in [0.2, 0.25) is 11.8 Å². The largest absolute Gasteiger partial charge is 0.423 e. The topological polar surface area (TPSA) is 63.7 Å². The van der Waals surface area contributed by atoms with Gasteiger partial charge >= 0.3 is 5.97 Å². The number of carbonyl (C=O) groups is 3. The number of ether oxygens (including phenoxy) is 1. The van der Waals surface area contributed by atoms with E-state index >= 15 is 0 Å². The summed E-state index contributed by atoms with van der Waals surface area (Å²) in [7, 11) is 0. The SMILES string of the molecule is CCc1ccc(OC(=O)c2ccc(N3C(=O)[C@@H]4[C@H]5C=C[C@@H]([C@@H]6C[C@H]56)[C@@H]4C3=O)cc2)cc1. The summed E-state index contributed by atoms with van der Waals surface area (Å²) in [6, 6.07) is 14.0. The van der Waals surface area contributed by atoms with Gasteiger partial charge in [0.05, 0.1) is 23.1 Å². The van der Waals surface area contributed by atoms with Gasteiger partial charge in [0.15, 0.2) is 0 Å². The fourth-order valence-corrected chi connectivity index (χ4v) is 5.92. The number of aryl methyl sites for hydroxylation is 1. The molecule has 0 aromatic heterocycles. The lowest BCUT2D eigenvalue weighted by Gasteiger charge is -2.37. The summed E-state index contributed by atoms with van der Waals surface area (Å²) in [6.45, 7) is 2.07. The van der Waals surface area contributed by atoms with Gasteiger partial charge in [0.25, 0.3) is 0 Å². The van der Waals surface area contributed by atoms with Gasteiger partial charge in [-0.2, -0.15) is 0 Å². The lowest BCUT2D eigenvalue weighted by atomic mass is 9.63. The van der Waals surface area contributed by atoms with Crippen molar-refractivity contribution in [3.05, 3.63) is 71.8 Å². The molecule has 4 aliphatic carbocycles. The second kappa shape index (κ2) is 6.64. The Hall–Kier alpha value is -3.21. The highest BCUT2D eigenvalue weighted by Crippen LogP contribution is 2.65. The van der Waals surface area contributed by atoms with Crippen LogP contribution in [-0.2, 0) is 16.0 Å². The Morgan fingerprint density at radius 1 is 0.903 bits per heavy atom. The fraction of sp³-hybridized carbons (Fsp3) is 0.346. The average Bonchev–Trinajstić information content (AvgIpc) is 3.58. The van der Waals surface area contributed by atoms with Crippen LogP contribution in [0.1, 0.15) is 29.3 Å². The van der Waals surface area contributed by atoms with E-state index in [9.17, 15) is 14.4 Å². The molecular formula is C26H23NO4. The number of imide groups is 1. The molecule has 31 heavy (non-hydrogen) atoms. The number of carbonyl (C=O) groups excluding carboxylic acids is 3. The Labute approximate surface area is 180 Å². The summed E-state index contributed by atoms with van der Waals surface area (Å²) in [5.41, 5.74) is 2.08. The summed E-state index contributed by atoms with van der Waals surface area (Å²) in [4.78, 5) is 40.2. The second-order valence-corrected chi connectivity index (χ2v) is 9.10. The molecule has 2 bridgehead atoms. The zero-order chi connectivity index (χ0) is 21.3. The second-order valence-electron chi connectivity index (χ2n) is 9.10. The highest BCUT2D eigenvalue weighted by molar-refractivity contribution is 6.22. The number of hydrogen-bond acceptors (Lipinski definition) is 4. The molecular weight excluding hydrogens is 390 g/mol. The molecule has 2 aromatic rings. The molecule has 5 aliphatic rings. The zero-order valence-corrected chi connectivity index (χ0v) is 17.2. The number of esters is 1. The van der Waals surface area contributed by atoms with Crippen molar-refractivity contribution in [3.8, 4) is 5.75 Å². The van der Waals surface area contributed by atoms with Crippen LogP contribution in [-0.4, -0.2) is 17.8 Å². The molecule has 0 spiro atoms. The maximum atomic E-state index is 13.2. The Bertz CT molecular complexity index is 1080. The van der Waals surface area contributed by atoms with Crippen molar-refractivity contribution in [1.82, 2.24) is 0 Å². The molecule has 1 aliphatic heterocycles. The first kappa shape index (κ1) is 18.6. The minimum atomic E-state index is -0.467. The quantitative estimate of drug-likeness (QED) is 0.329. The Morgan fingerprint density at radius 2 is 1.48 bits per heavy atom. The normalized spacial score (nSPS) is 32.1. The average molecular weight is 413 g/mol. The number of allylic oxidation sites excluding steroid dienone is 2. The van der Waals surface area contributed by atoms with Crippen molar-refractivity contribution in [2.75, 3.05) is 4.90 Å². The van der Waals surface area contributed by atoms with E-state index in [2.05, 4.69) is 19.1 Å². The first-order chi connectivity index (χ1) is 15.1. The van der Waals surface area contributed by atoms with E-state index in [0.717, 1.165) is 12.8 Å². The molecule has 2 saturated carbocycles. The number of amides is 2. The minimum absolute atomic E-state index is 0.0916. The molecule has 3 fully saturated rings. The van der Waals surface area contributed by atoms with Crippen LogP contribution in [0.15, 0.2) is 60.7 Å². The highest BCUT2D eigenvalue weighted by Gasteiger charge is 2.67. The standard InChI is InChI=1S/C26H23NO4/c1-2-14-3-9-17(10-4-14)31-26(30)15-5-7-16(8-6-15)27-24(28)22-18-11-12-19(21-13-20(18)21)23(22)25(27)29/h3-12,18-23H,2,13H2,1H3/t18-,19-,20-,21+,22-,23+/m0/s1. The number of rotatable bonds is 4. The van der Waals surface area contributed by atoms with Gasteiger partial charge in [-0.05, 0) is 78.5 Å². The van der Waals surface area contributed by atoms with Gasteiger partial charge < -0.3 is 4.74 Å². The molecule has 0 radical (unpaired) electrons. The molecule has 0 N–H and O–H groups in total. The van der Waals surface area contributed by atoms with Crippen molar-refractivity contribution in [1.29, 1.82) is 0 Å². The van der Waals surface area contributed by atoms with Crippen molar-refractivity contribution < 1.29 is 19.1 Å². The lowest BCUT2D eigenvalue weighted by Crippen LogP contribution is -2.40. The Balaban J connectivity index is 1.20. The molecule has 1 heterocycles. The van der Waals surface area contributed by atoms with Gasteiger partial charge in [-0.1, -0.05) is 31.2 Å². The van der Waals surface area contributed by atoms with Crippen LogP contribution in [0.2, 0.25) is 0 Å². The van der Waals surface area contributed by atoms with E-state index in [1.54, 1.807) is 36.4 Å². The molecule has 5 nitrogen and oxygen atoms in total. The van der Waals surface area contributed by atoms with E-state index in [-0.39, 0.29) is 35.5 Å². The van der Waals surface area contributed by atoms with Crippen LogP contribution in [0.5, 0.6) is 5.75 Å². The van der Waals surface area contributed by atoms with Gasteiger partial charge in [-0.25, -0.2) is 4.79 Å².